The van der Waals surface area contributed by atoms with Crippen LogP contribution in [0.1, 0.15) is 6.42 Å². The lowest BCUT2D eigenvalue weighted by atomic mass is 10.2. The molecule has 0 unspecified atom stereocenters. The van der Waals surface area contributed by atoms with Gasteiger partial charge in [0, 0.05) is 12.2 Å². The molecule has 1 heterocycles. The first-order valence-corrected chi connectivity index (χ1v) is 6.22. The van der Waals surface area contributed by atoms with Crippen LogP contribution in [-0.2, 0) is 4.74 Å². The minimum Gasteiger partial charge on any atom is -0.491 e. The molecule has 0 radical (unpaired) electrons. The molecular formula is C14H19NO3. The number of hydrogen-bond acceptors (Lipinski definition) is 4. The number of benzene rings is 1. The second-order valence-electron chi connectivity index (χ2n) is 4.15. The van der Waals surface area contributed by atoms with E-state index in [0.29, 0.717) is 6.61 Å². The number of rotatable bonds is 6. The normalized spacial score (nSPS) is 15.1. The second kappa shape index (κ2) is 7.03. The molecule has 0 fully saturated rings. The van der Waals surface area contributed by atoms with Gasteiger partial charge in [0.05, 0.1) is 19.8 Å². The molecule has 98 valence electrons. The van der Waals surface area contributed by atoms with E-state index in [9.17, 15) is 0 Å². The molecule has 1 aliphatic rings. The minimum absolute atomic E-state index is 0.0359. The van der Waals surface area contributed by atoms with Crippen molar-refractivity contribution in [3.8, 4) is 5.75 Å². The number of aliphatic hydroxyl groups is 1. The molecule has 2 N–H and O–H groups in total. The fourth-order valence-electron chi connectivity index (χ4n) is 1.78. The van der Waals surface area contributed by atoms with Crippen molar-refractivity contribution in [1.29, 1.82) is 0 Å². The van der Waals surface area contributed by atoms with Gasteiger partial charge in [-0.15, -0.1) is 0 Å². The van der Waals surface area contributed by atoms with E-state index in [1.54, 1.807) is 0 Å². The van der Waals surface area contributed by atoms with E-state index in [4.69, 9.17) is 14.6 Å². The highest BCUT2D eigenvalue weighted by Crippen LogP contribution is 2.16. The Kier molecular flexibility index (Phi) is 5.05. The quantitative estimate of drug-likeness (QED) is 0.755. The molecule has 0 atom stereocenters. The average Bonchev–Trinajstić information content (AvgIpc) is 2.45. The maximum Gasteiger partial charge on any atom is 0.119 e. The van der Waals surface area contributed by atoms with Gasteiger partial charge < -0.3 is 19.9 Å². The van der Waals surface area contributed by atoms with Crippen molar-refractivity contribution in [3.05, 3.63) is 35.9 Å². The predicted octanol–water partition coefficient (Wildman–Crippen LogP) is 1.82. The summed E-state index contributed by atoms with van der Waals surface area (Å²) < 4.78 is 10.7. The first kappa shape index (κ1) is 12.9. The fraction of sp³-hybridized carbons (Fsp3) is 0.429. The average molecular weight is 249 g/mol. The van der Waals surface area contributed by atoms with Crippen LogP contribution in [0.5, 0.6) is 5.75 Å². The van der Waals surface area contributed by atoms with Gasteiger partial charge in [0.15, 0.2) is 0 Å². The molecule has 0 amide bonds. The third kappa shape index (κ3) is 4.05. The summed E-state index contributed by atoms with van der Waals surface area (Å²) in [6.07, 6.45) is 3.24. The van der Waals surface area contributed by atoms with Crippen LogP contribution in [-0.4, -0.2) is 38.1 Å². The SMILES string of the molecule is OCCOc1ccc(NCC2=CCCOC2)cc1. The van der Waals surface area contributed by atoms with Gasteiger partial charge in [0.1, 0.15) is 12.4 Å². The van der Waals surface area contributed by atoms with Gasteiger partial charge in [-0.05, 0) is 36.3 Å². The number of nitrogens with one attached hydrogen (secondary N) is 1. The Morgan fingerprint density at radius 1 is 1.28 bits per heavy atom. The molecule has 0 spiro atoms. The Hall–Kier alpha value is -1.52. The lowest BCUT2D eigenvalue weighted by Gasteiger charge is -2.15. The van der Waals surface area contributed by atoms with Crippen molar-refractivity contribution in [2.75, 3.05) is 38.3 Å². The van der Waals surface area contributed by atoms with E-state index in [1.165, 1.54) is 5.57 Å². The third-order valence-corrected chi connectivity index (χ3v) is 2.72. The molecule has 4 heteroatoms. The number of aliphatic hydroxyl groups excluding tert-OH is 1. The molecule has 1 aromatic rings. The minimum atomic E-state index is 0.0359. The summed E-state index contributed by atoms with van der Waals surface area (Å²) in [5.41, 5.74) is 2.35. The van der Waals surface area contributed by atoms with E-state index in [2.05, 4.69) is 11.4 Å². The topological polar surface area (TPSA) is 50.7 Å². The third-order valence-electron chi connectivity index (χ3n) is 2.72. The maximum absolute atomic E-state index is 8.66. The summed E-state index contributed by atoms with van der Waals surface area (Å²) in [6.45, 7) is 2.74. The lowest BCUT2D eigenvalue weighted by Crippen LogP contribution is -2.13. The van der Waals surface area contributed by atoms with E-state index >= 15 is 0 Å². The van der Waals surface area contributed by atoms with Gasteiger partial charge in [-0.3, -0.25) is 0 Å². The summed E-state index contributed by atoms with van der Waals surface area (Å²) in [7, 11) is 0. The highest BCUT2D eigenvalue weighted by Gasteiger charge is 2.03. The zero-order valence-electron chi connectivity index (χ0n) is 10.4. The van der Waals surface area contributed by atoms with Gasteiger partial charge in [-0.2, -0.15) is 0 Å². The summed E-state index contributed by atoms with van der Waals surface area (Å²) in [5.74, 6) is 0.773. The highest BCUT2D eigenvalue weighted by atomic mass is 16.5. The number of hydrogen-bond donors (Lipinski definition) is 2. The Morgan fingerprint density at radius 2 is 2.11 bits per heavy atom. The highest BCUT2D eigenvalue weighted by molar-refractivity contribution is 5.47. The Bertz CT molecular complexity index is 387. The van der Waals surface area contributed by atoms with E-state index < -0.39 is 0 Å². The molecular weight excluding hydrogens is 230 g/mol. The molecule has 0 saturated carbocycles. The molecule has 1 aliphatic heterocycles. The van der Waals surface area contributed by atoms with Crippen molar-refractivity contribution in [2.24, 2.45) is 0 Å². The van der Waals surface area contributed by atoms with Crippen LogP contribution in [0.25, 0.3) is 0 Å². The zero-order valence-corrected chi connectivity index (χ0v) is 10.4. The molecule has 0 aliphatic carbocycles. The van der Waals surface area contributed by atoms with Crippen LogP contribution < -0.4 is 10.1 Å². The van der Waals surface area contributed by atoms with E-state index in [-0.39, 0.29) is 6.61 Å². The molecule has 0 saturated heterocycles. The molecule has 4 nitrogen and oxygen atoms in total. The zero-order chi connectivity index (χ0) is 12.6. The first-order chi connectivity index (χ1) is 8.88. The Balaban J connectivity index is 1.80. The van der Waals surface area contributed by atoms with Gasteiger partial charge in [0.25, 0.3) is 0 Å². The van der Waals surface area contributed by atoms with Crippen molar-refractivity contribution >= 4 is 5.69 Å². The predicted molar refractivity (Wildman–Crippen MR) is 71.0 cm³/mol. The molecule has 0 bridgehead atoms. The standard InChI is InChI=1S/C14H19NO3/c16-7-9-18-14-5-3-13(4-6-14)15-10-12-2-1-8-17-11-12/h2-6,15-16H,1,7-11H2. The second-order valence-corrected chi connectivity index (χ2v) is 4.15. The number of anilines is 1. The maximum atomic E-state index is 8.66. The van der Waals surface area contributed by atoms with Crippen molar-refractivity contribution in [3.63, 3.8) is 0 Å². The summed E-state index contributed by atoms with van der Waals surface area (Å²) in [5, 5.41) is 12.0. The molecule has 0 aromatic heterocycles. The van der Waals surface area contributed by atoms with Crippen LogP contribution in [0.4, 0.5) is 5.69 Å². The van der Waals surface area contributed by atoms with Crippen LogP contribution >= 0.6 is 0 Å². The first-order valence-electron chi connectivity index (χ1n) is 6.22. The smallest absolute Gasteiger partial charge is 0.119 e. The Labute approximate surface area is 107 Å². The van der Waals surface area contributed by atoms with Crippen molar-refractivity contribution in [2.45, 2.75) is 6.42 Å². The summed E-state index contributed by atoms with van der Waals surface area (Å²) in [6, 6.07) is 7.72. The van der Waals surface area contributed by atoms with Crippen LogP contribution in [0.15, 0.2) is 35.9 Å². The van der Waals surface area contributed by atoms with Crippen LogP contribution in [0.2, 0.25) is 0 Å². The van der Waals surface area contributed by atoms with Gasteiger partial charge >= 0.3 is 0 Å². The lowest BCUT2D eigenvalue weighted by molar-refractivity contribution is 0.150. The van der Waals surface area contributed by atoms with Crippen molar-refractivity contribution in [1.82, 2.24) is 0 Å². The van der Waals surface area contributed by atoms with E-state index in [1.807, 2.05) is 24.3 Å². The molecule has 2 rings (SSSR count). The van der Waals surface area contributed by atoms with Crippen molar-refractivity contribution < 1.29 is 14.6 Å². The number of ether oxygens (including phenoxy) is 2. The Morgan fingerprint density at radius 3 is 2.78 bits per heavy atom. The van der Waals surface area contributed by atoms with Crippen LogP contribution in [0.3, 0.4) is 0 Å². The van der Waals surface area contributed by atoms with Gasteiger partial charge in [0.2, 0.25) is 0 Å². The van der Waals surface area contributed by atoms with Crippen LogP contribution in [0, 0.1) is 0 Å². The summed E-state index contributed by atoms with van der Waals surface area (Å²) in [4.78, 5) is 0. The largest absolute Gasteiger partial charge is 0.491 e. The van der Waals surface area contributed by atoms with E-state index in [0.717, 1.165) is 37.6 Å². The molecule has 18 heavy (non-hydrogen) atoms. The fourth-order valence-corrected chi connectivity index (χ4v) is 1.78. The van der Waals surface area contributed by atoms with Gasteiger partial charge in [-0.1, -0.05) is 6.08 Å². The van der Waals surface area contributed by atoms with Gasteiger partial charge in [-0.25, -0.2) is 0 Å². The molecule has 1 aromatic carbocycles. The monoisotopic (exact) mass is 249 g/mol. The summed E-state index contributed by atoms with van der Waals surface area (Å²) >= 11 is 0.